The molecule has 2 heterocycles. The van der Waals surface area contributed by atoms with Gasteiger partial charge in [0.05, 0.1) is 15.4 Å². The molecular formula is C23H22I2N2O4. The lowest BCUT2D eigenvalue weighted by Crippen LogP contribution is -2.58. The van der Waals surface area contributed by atoms with Crippen LogP contribution in [0.2, 0.25) is 0 Å². The predicted octanol–water partition coefficient (Wildman–Crippen LogP) is 5.23. The lowest BCUT2D eigenvalue weighted by atomic mass is 9.76. The summed E-state index contributed by atoms with van der Waals surface area (Å²) in [5.74, 6) is -0.425. The number of halogens is 2. The monoisotopic (exact) mass is 644 g/mol. The molecule has 1 amide bonds. The zero-order valence-electron chi connectivity index (χ0n) is 17.3. The Morgan fingerprint density at radius 1 is 1.16 bits per heavy atom. The van der Waals surface area contributed by atoms with Crippen molar-refractivity contribution < 1.29 is 19.4 Å². The number of nitrogens with one attached hydrogen (secondary N) is 1. The summed E-state index contributed by atoms with van der Waals surface area (Å²) in [6.07, 6.45) is 4.00. The normalized spacial score (nSPS) is 20.2. The van der Waals surface area contributed by atoms with Crippen molar-refractivity contribution in [1.29, 1.82) is 0 Å². The van der Waals surface area contributed by atoms with Gasteiger partial charge in [0.15, 0.2) is 0 Å². The average molecular weight is 644 g/mol. The molecule has 1 spiro atoms. The van der Waals surface area contributed by atoms with E-state index in [2.05, 4.69) is 93.5 Å². The third kappa shape index (κ3) is 3.71. The van der Waals surface area contributed by atoms with Gasteiger partial charge in [0.2, 0.25) is 11.6 Å². The van der Waals surface area contributed by atoms with Crippen molar-refractivity contribution in [1.82, 2.24) is 0 Å². The van der Waals surface area contributed by atoms with Crippen molar-refractivity contribution in [2.45, 2.75) is 37.8 Å². The van der Waals surface area contributed by atoms with Crippen LogP contribution < -0.4 is 15.0 Å². The van der Waals surface area contributed by atoms with Gasteiger partial charge in [0, 0.05) is 34.0 Å². The Hall–Kier alpha value is -1.82. The third-order valence-electron chi connectivity index (χ3n) is 6.06. The predicted molar refractivity (Wildman–Crippen MR) is 138 cm³/mol. The molecule has 4 rings (SSSR count). The van der Waals surface area contributed by atoms with Gasteiger partial charge in [-0.05, 0) is 107 Å². The first kappa shape index (κ1) is 22.4. The first-order valence-electron chi connectivity index (χ1n) is 9.82. The van der Waals surface area contributed by atoms with Crippen LogP contribution in [0.5, 0.6) is 5.75 Å². The van der Waals surface area contributed by atoms with E-state index in [0.29, 0.717) is 5.69 Å². The summed E-state index contributed by atoms with van der Waals surface area (Å²) in [4.78, 5) is 25.0. The number of amides is 1. The number of carbonyl (C=O) groups is 2. The van der Waals surface area contributed by atoms with Gasteiger partial charge in [0.1, 0.15) is 5.75 Å². The Balaban J connectivity index is 1.69. The minimum atomic E-state index is -0.986. The van der Waals surface area contributed by atoms with Crippen LogP contribution in [0.4, 0.5) is 11.4 Å². The molecule has 6 nitrogen and oxygen atoms in total. The van der Waals surface area contributed by atoms with Crippen LogP contribution in [-0.4, -0.2) is 29.8 Å². The SMILES string of the molecule is CN1c2ccc(NC(=O)CCC(=O)O)cc2C(C)(C)C12C=Cc1cc(I)cc(I)c1O2. The van der Waals surface area contributed by atoms with Crippen molar-refractivity contribution in [3.63, 3.8) is 0 Å². The van der Waals surface area contributed by atoms with Gasteiger partial charge in [-0.2, -0.15) is 0 Å². The molecule has 2 aliphatic rings. The molecule has 0 fully saturated rings. The number of benzene rings is 2. The van der Waals surface area contributed by atoms with E-state index >= 15 is 0 Å². The Kier molecular flexibility index (Phi) is 5.74. The first-order chi connectivity index (χ1) is 14.5. The second kappa shape index (κ2) is 7.95. The summed E-state index contributed by atoms with van der Waals surface area (Å²) >= 11 is 4.63. The number of aliphatic carboxylic acids is 1. The van der Waals surface area contributed by atoms with E-state index < -0.39 is 17.1 Å². The van der Waals surface area contributed by atoms with Crippen molar-refractivity contribution in [3.8, 4) is 5.75 Å². The van der Waals surface area contributed by atoms with E-state index in [9.17, 15) is 9.59 Å². The summed E-state index contributed by atoms with van der Waals surface area (Å²) in [6, 6.07) is 10.00. The number of nitrogens with zero attached hydrogens (tertiary/aromatic N) is 1. The summed E-state index contributed by atoms with van der Waals surface area (Å²) in [6.45, 7) is 4.28. The number of ether oxygens (including phenoxy) is 1. The minimum absolute atomic E-state index is 0.0560. The highest BCUT2D eigenvalue weighted by Crippen LogP contribution is 2.55. The van der Waals surface area contributed by atoms with Crippen molar-refractivity contribution in [3.05, 3.63) is 54.7 Å². The fraction of sp³-hybridized carbons (Fsp3) is 0.304. The molecule has 2 aromatic carbocycles. The van der Waals surface area contributed by atoms with Gasteiger partial charge in [-0.3, -0.25) is 9.59 Å². The number of hydrogen-bond donors (Lipinski definition) is 2. The lowest BCUT2D eigenvalue weighted by molar-refractivity contribution is -0.138. The molecule has 1 unspecified atom stereocenters. The quantitative estimate of drug-likeness (QED) is 0.447. The molecule has 0 aromatic heterocycles. The highest BCUT2D eigenvalue weighted by molar-refractivity contribution is 14.1. The highest BCUT2D eigenvalue weighted by Gasteiger charge is 2.57. The molecule has 0 saturated carbocycles. The number of anilines is 2. The van der Waals surface area contributed by atoms with E-state index in [0.717, 1.165) is 29.7 Å². The van der Waals surface area contributed by atoms with Crippen molar-refractivity contribution >= 4 is 74.5 Å². The fourth-order valence-corrected chi connectivity index (χ4v) is 6.36. The molecule has 1 atom stereocenters. The summed E-state index contributed by atoms with van der Waals surface area (Å²) in [5, 5.41) is 11.6. The molecule has 0 radical (unpaired) electrons. The number of fused-ring (bicyclic) bond motifs is 2. The van der Waals surface area contributed by atoms with Gasteiger partial charge in [-0.15, -0.1) is 0 Å². The number of carboxylic acids is 1. The summed E-state index contributed by atoms with van der Waals surface area (Å²) < 4.78 is 8.96. The smallest absolute Gasteiger partial charge is 0.303 e. The van der Waals surface area contributed by atoms with E-state index in [1.807, 2.05) is 25.2 Å². The molecule has 0 bridgehead atoms. The third-order valence-corrected chi connectivity index (χ3v) is 7.48. The lowest BCUT2D eigenvalue weighted by Gasteiger charge is -2.46. The summed E-state index contributed by atoms with van der Waals surface area (Å²) in [5.41, 5.74) is 2.67. The van der Waals surface area contributed by atoms with E-state index in [-0.39, 0.29) is 18.7 Å². The molecular weight excluding hydrogens is 622 g/mol. The Bertz CT molecular complexity index is 1130. The number of rotatable bonds is 4. The van der Waals surface area contributed by atoms with E-state index in [4.69, 9.17) is 9.84 Å². The maximum Gasteiger partial charge on any atom is 0.303 e. The molecule has 0 aliphatic carbocycles. The van der Waals surface area contributed by atoms with Crippen molar-refractivity contribution in [2.75, 3.05) is 17.3 Å². The van der Waals surface area contributed by atoms with Gasteiger partial charge in [0.25, 0.3) is 0 Å². The zero-order valence-corrected chi connectivity index (χ0v) is 21.6. The van der Waals surface area contributed by atoms with Crippen LogP contribution in [-0.2, 0) is 15.0 Å². The topological polar surface area (TPSA) is 78.9 Å². The zero-order chi connectivity index (χ0) is 22.6. The molecule has 0 saturated heterocycles. The van der Waals surface area contributed by atoms with E-state index in [1.165, 1.54) is 0 Å². The Morgan fingerprint density at radius 3 is 2.61 bits per heavy atom. The standard InChI is InChI=1S/C23H22I2N2O4/c1-22(2)16-12-15(26-19(28)6-7-20(29)30)4-5-18(16)27(3)23(22)9-8-13-10-14(24)11-17(25)21(13)31-23/h4-5,8-12H,6-7H2,1-3H3,(H,26,28)(H,29,30). The molecule has 8 heteroatoms. The second-order valence-corrected chi connectivity index (χ2v) is 10.7. The fourth-order valence-electron chi connectivity index (χ4n) is 4.36. The molecule has 2 aliphatic heterocycles. The minimum Gasteiger partial charge on any atom is -0.481 e. The van der Waals surface area contributed by atoms with Crippen LogP contribution in [0.15, 0.2) is 36.4 Å². The van der Waals surface area contributed by atoms with Crippen LogP contribution in [0.3, 0.4) is 0 Å². The van der Waals surface area contributed by atoms with Gasteiger partial charge in [-0.1, -0.05) is 0 Å². The highest BCUT2D eigenvalue weighted by atomic mass is 127. The molecule has 2 N–H and O–H groups in total. The number of carbonyl (C=O) groups excluding carboxylic acids is 1. The van der Waals surface area contributed by atoms with Crippen molar-refractivity contribution in [2.24, 2.45) is 0 Å². The second-order valence-electron chi connectivity index (χ2n) is 8.30. The molecule has 162 valence electrons. The largest absolute Gasteiger partial charge is 0.481 e. The molecule has 31 heavy (non-hydrogen) atoms. The van der Waals surface area contributed by atoms with E-state index in [1.54, 1.807) is 0 Å². The number of carboxylic acid groups (broad SMARTS) is 1. The van der Waals surface area contributed by atoms with Crippen LogP contribution in [0.1, 0.15) is 37.8 Å². The van der Waals surface area contributed by atoms with Crippen LogP contribution in [0.25, 0.3) is 6.08 Å². The van der Waals surface area contributed by atoms with Crippen LogP contribution >= 0.6 is 45.2 Å². The maximum absolute atomic E-state index is 12.1. The first-order valence-corrected chi connectivity index (χ1v) is 12.0. The van der Waals surface area contributed by atoms with Gasteiger partial charge >= 0.3 is 5.97 Å². The van der Waals surface area contributed by atoms with Gasteiger partial charge < -0.3 is 20.1 Å². The number of likely N-dealkylation sites (N-methyl/N-ethyl adjacent to an activating group) is 1. The molecule has 2 aromatic rings. The average Bonchev–Trinajstić information content (AvgIpc) is 2.85. The Morgan fingerprint density at radius 2 is 1.90 bits per heavy atom. The maximum atomic E-state index is 12.1. The van der Waals surface area contributed by atoms with Gasteiger partial charge in [-0.25, -0.2) is 0 Å². The van der Waals surface area contributed by atoms with Crippen LogP contribution in [0, 0.1) is 7.14 Å². The number of hydrogen-bond acceptors (Lipinski definition) is 4. The summed E-state index contributed by atoms with van der Waals surface area (Å²) in [7, 11) is 2.02. The Labute approximate surface area is 208 Å².